The molecule has 4 rings (SSSR count). The van der Waals surface area contributed by atoms with Gasteiger partial charge in [-0.05, 0) is 24.3 Å². The van der Waals surface area contributed by atoms with Gasteiger partial charge in [0.15, 0.2) is 0 Å². The monoisotopic (exact) mass is 379 g/mol. The molecule has 0 aliphatic carbocycles. The fraction of sp³-hybridized carbons (Fsp3) is 0.136. The summed E-state index contributed by atoms with van der Waals surface area (Å²) >= 11 is 0. The number of carbonyl (C=O) groups is 1. The number of fused-ring (bicyclic) bond motifs is 1. The molecular weight excluding hydrogens is 361 g/mol. The molecule has 0 radical (unpaired) electrons. The van der Waals surface area contributed by atoms with Gasteiger partial charge >= 0.3 is 0 Å². The molecule has 0 fully saturated rings. The Labute approximate surface area is 161 Å². The molecule has 0 aromatic heterocycles. The number of benzene rings is 3. The molecule has 3 aromatic rings. The van der Waals surface area contributed by atoms with Crippen LogP contribution < -0.4 is 15.2 Å². The molecule has 1 aliphatic rings. The predicted molar refractivity (Wildman–Crippen MR) is 100 cm³/mol. The number of amides is 1. The Morgan fingerprint density at radius 1 is 1.11 bits per heavy atom. The Hall–Kier alpha value is -3.38. The lowest BCUT2D eigenvalue weighted by Crippen LogP contribution is -2.20. The van der Waals surface area contributed by atoms with Gasteiger partial charge in [0.05, 0.1) is 12.2 Å². The van der Waals surface area contributed by atoms with Crippen molar-refractivity contribution < 1.29 is 23.4 Å². The number of para-hydroxylation sites is 1. The van der Waals surface area contributed by atoms with Crippen LogP contribution in [-0.4, -0.2) is 5.91 Å². The van der Waals surface area contributed by atoms with Gasteiger partial charge in [0, 0.05) is 16.7 Å². The van der Waals surface area contributed by atoms with Crippen molar-refractivity contribution in [2.75, 3.05) is 0 Å². The number of primary amides is 1. The zero-order valence-corrected chi connectivity index (χ0v) is 14.9. The van der Waals surface area contributed by atoms with E-state index in [9.17, 15) is 9.18 Å². The van der Waals surface area contributed by atoms with E-state index < -0.39 is 18.0 Å². The second-order valence-electron chi connectivity index (χ2n) is 6.37. The van der Waals surface area contributed by atoms with E-state index in [2.05, 4.69) is 0 Å². The van der Waals surface area contributed by atoms with Gasteiger partial charge in [-0.15, -0.1) is 0 Å². The molecule has 0 saturated carbocycles. The van der Waals surface area contributed by atoms with Gasteiger partial charge in [-0.2, -0.15) is 0 Å². The van der Waals surface area contributed by atoms with Gasteiger partial charge in [-0.1, -0.05) is 42.5 Å². The third-order valence-corrected chi connectivity index (χ3v) is 4.43. The molecule has 3 aromatic carbocycles. The average Bonchev–Trinajstić information content (AvgIpc) is 2.72. The molecule has 1 aliphatic heterocycles. The summed E-state index contributed by atoms with van der Waals surface area (Å²) < 4.78 is 31.6. The third-order valence-electron chi connectivity index (χ3n) is 4.43. The van der Waals surface area contributed by atoms with Crippen LogP contribution in [0.1, 0.15) is 33.3 Å². The maximum absolute atomic E-state index is 14.1. The van der Waals surface area contributed by atoms with Crippen LogP contribution in [0.15, 0.2) is 66.7 Å². The number of halogens is 1. The van der Waals surface area contributed by atoms with Crippen molar-refractivity contribution in [1.29, 1.82) is 0 Å². The zero-order valence-electron chi connectivity index (χ0n) is 14.9. The highest BCUT2D eigenvalue weighted by molar-refractivity contribution is 5.95. The fourth-order valence-electron chi connectivity index (χ4n) is 3.11. The minimum Gasteiger partial charge on any atom is -0.488 e. The maximum atomic E-state index is 14.1. The molecule has 1 amide bonds. The van der Waals surface area contributed by atoms with E-state index in [-0.39, 0.29) is 18.8 Å². The van der Waals surface area contributed by atoms with Crippen molar-refractivity contribution in [3.63, 3.8) is 0 Å². The second kappa shape index (κ2) is 7.70. The van der Waals surface area contributed by atoms with E-state index >= 15 is 0 Å². The largest absolute Gasteiger partial charge is 0.488 e. The third kappa shape index (κ3) is 3.68. The molecule has 1 atom stereocenters. The van der Waals surface area contributed by atoms with Crippen LogP contribution in [0.4, 0.5) is 4.39 Å². The Morgan fingerprint density at radius 3 is 2.64 bits per heavy atom. The van der Waals surface area contributed by atoms with Crippen molar-refractivity contribution in [1.82, 2.24) is 0 Å². The first-order chi connectivity index (χ1) is 13.6. The fourth-order valence-corrected chi connectivity index (χ4v) is 3.11. The standard InChI is InChI=1S/C22H18FNO4/c23-17-10-15(12-26-19-9-5-4-8-18(19)21(24)25)20-16(11-17)13-27-22(28-20)14-6-2-1-3-7-14/h1-11,22H,12-13H2,(H2,24,25)/t22-/m1/s1. The molecular formula is C22H18FNO4. The Morgan fingerprint density at radius 2 is 1.86 bits per heavy atom. The SMILES string of the molecule is NC(=O)c1ccccc1OCc1cc(F)cc2c1O[C@H](c1ccccc1)OC2. The van der Waals surface area contributed by atoms with E-state index in [0.717, 1.165) is 5.56 Å². The summed E-state index contributed by atoms with van der Waals surface area (Å²) in [6.45, 7) is 0.240. The first-order valence-electron chi connectivity index (χ1n) is 8.78. The summed E-state index contributed by atoms with van der Waals surface area (Å²) in [5, 5.41) is 0. The lowest BCUT2D eigenvalue weighted by atomic mass is 10.1. The van der Waals surface area contributed by atoms with Gasteiger partial charge < -0.3 is 19.9 Å². The Bertz CT molecular complexity index is 1010. The quantitative estimate of drug-likeness (QED) is 0.724. The number of nitrogens with two attached hydrogens (primary N) is 1. The van der Waals surface area contributed by atoms with E-state index in [4.69, 9.17) is 19.9 Å². The van der Waals surface area contributed by atoms with Crippen LogP contribution in [0, 0.1) is 5.82 Å². The molecule has 0 unspecified atom stereocenters. The topological polar surface area (TPSA) is 70.8 Å². The summed E-state index contributed by atoms with van der Waals surface area (Å²) in [6.07, 6.45) is -0.587. The van der Waals surface area contributed by atoms with E-state index in [1.54, 1.807) is 24.3 Å². The lowest BCUT2D eigenvalue weighted by molar-refractivity contribution is -0.112. The smallest absolute Gasteiger partial charge is 0.252 e. The normalized spacial score (nSPS) is 15.4. The van der Waals surface area contributed by atoms with Gasteiger partial charge in [-0.3, -0.25) is 4.79 Å². The molecule has 0 spiro atoms. The summed E-state index contributed by atoms with van der Waals surface area (Å²) in [7, 11) is 0. The first-order valence-corrected chi connectivity index (χ1v) is 8.78. The summed E-state index contributed by atoms with van der Waals surface area (Å²) in [4.78, 5) is 11.6. The number of hydrogen-bond donors (Lipinski definition) is 1. The Kier molecular flexibility index (Phi) is 4.95. The van der Waals surface area contributed by atoms with Crippen LogP contribution in [0.25, 0.3) is 0 Å². The number of hydrogen-bond acceptors (Lipinski definition) is 4. The molecule has 6 heteroatoms. The second-order valence-corrected chi connectivity index (χ2v) is 6.37. The summed E-state index contributed by atoms with van der Waals surface area (Å²) in [5.41, 5.74) is 7.64. The molecule has 1 heterocycles. The van der Waals surface area contributed by atoms with E-state index in [1.165, 1.54) is 12.1 Å². The number of ether oxygens (including phenoxy) is 3. The van der Waals surface area contributed by atoms with Gasteiger partial charge in [0.25, 0.3) is 5.91 Å². The summed E-state index contributed by atoms with van der Waals surface area (Å²) in [6, 6.07) is 18.9. The number of rotatable bonds is 5. The van der Waals surface area contributed by atoms with Crippen LogP contribution >= 0.6 is 0 Å². The average molecular weight is 379 g/mol. The molecule has 2 N–H and O–H groups in total. The first kappa shape index (κ1) is 18.0. The molecule has 0 bridgehead atoms. The minimum absolute atomic E-state index is 0.0197. The maximum Gasteiger partial charge on any atom is 0.252 e. The van der Waals surface area contributed by atoms with Crippen LogP contribution in [0.3, 0.4) is 0 Å². The zero-order chi connectivity index (χ0) is 19.5. The highest BCUT2D eigenvalue weighted by Gasteiger charge is 2.25. The van der Waals surface area contributed by atoms with Gasteiger partial charge in [0.1, 0.15) is 23.9 Å². The molecule has 28 heavy (non-hydrogen) atoms. The van der Waals surface area contributed by atoms with Crippen molar-refractivity contribution in [2.24, 2.45) is 5.73 Å². The molecule has 5 nitrogen and oxygen atoms in total. The predicted octanol–water partition coefficient (Wildman–Crippen LogP) is 4.11. The Balaban J connectivity index is 1.61. The van der Waals surface area contributed by atoms with Crippen molar-refractivity contribution in [2.45, 2.75) is 19.5 Å². The van der Waals surface area contributed by atoms with E-state index in [1.807, 2.05) is 30.3 Å². The van der Waals surface area contributed by atoms with Crippen molar-refractivity contribution >= 4 is 5.91 Å². The van der Waals surface area contributed by atoms with Crippen LogP contribution in [0.5, 0.6) is 11.5 Å². The lowest BCUT2D eigenvalue weighted by Gasteiger charge is -2.28. The highest BCUT2D eigenvalue weighted by atomic mass is 19.1. The van der Waals surface area contributed by atoms with Gasteiger partial charge in [0.2, 0.25) is 6.29 Å². The van der Waals surface area contributed by atoms with Crippen molar-refractivity contribution in [3.05, 3.63) is 94.8 Å². The van der Waals surface area contributed by atoms with Gasteiger partial charge in [-0.25, -0.2) is 4.39 Å². The highest BCUT2D eigenvalue weighted by Crippen LogP contribution is 2.37. The molecule has 0 saturated heterocycles. The molecule has 142 valence electrons. The van der Waals surface area contributed by atoms with Crippen LogP contribution in [0.2, 0.25) is 0 Å². The van der Waals surface area contributed by atoms with Crippen molar-refractivity contribution in [3.8, 4) is 11.5 Å². The van der Waals surface area contributed by atoms with Crippen LogP contribution in [-0.2, 0) is 18.0 Å². The van der Waals surface area contributed by atoms with E-state index in [0.29, 0.717) is 22.6 Å². The number of carbonyl (C=O) groups excluding carboxylic acids is 1. The minimum atomic E-state index is -0.592. The summed E-state index contributed by atoms with van der Waals surface area (Å²) in [5.74, 6) is -0.144.